The van der Waals surface area contributed by atoms with Gasteiger partial charge < -0.3 is 9.80 Å². The second-order valence-corrected chi connectivity index (χ2v) is 7.34. The van der Waals surface area contributed by atoms with E-state index in [-0.39, 0.29) is 5.91 Å². The summed E-state index contributed by atoms with van der Waals surface area (Å²) in [5.41, 5.74) is 3.97. The minimum atomic E-state index is 0.0149. The first-order chi connectivity index (χ1) is 12.7. The number of carbonyl (C=O) groups is 1. The van der Waals surface area contributed by atoms with Crippen LogP contribution in [0, 0.1) is 6.92 Å². The van der Waals surface area contributed by atoms with Crippen LogP contribution in [0.4, 0.5) is 5.95 Å². The van der Waals surface area contributed by atoms with Crippen molar-refractivity contribution in [3.05, 3.63) is 52.8 Å². The number of aryl methyl sites for hydroxylation is 1. The van der Waals surface area contributed by atoms with Crippen molar-refractivity contribution in [1.82, 2.24) is 14.9 Å². The molecule has 0 N–H and O–H groups in total. The molecule has 0 aliphatic carbocycles. The SMILES string of the molecule is Cc1cc(C(=O)N2CCc3ccccc3C2)nc(N2CCCCCC2)n1. The molecular weight excluding hydrogens is 324 g/mol. The normalized spacial score (nSPS) is 17.6. The number of carbonyl (C=O) groups excluding carboxylic acids is 1. The van der Waals surface area contributed by atoms with Crippen LogP contribution in [0.25, 0.3) is 0 Å². The molecule has 1 saturated heterocycles. The summed E-state index contributed by atoms with van der Waals surface area (Å²) in [7, 11) is 0. The number of anilines is 1. The third-order valence-corrected chi connectivity index (χ3v) is 5.37. The van der Waals surface area contributed by atoms with Gasteiger partial charge in [0.1, 0.15) is 5.69 Å². The third-order valence-electron chi connectivity index (χ3n) is 5.37. The lowest BCUT2D eigenvalue weighted by Gasteiger charge is -2.29. The van der Waals surface area contributed by atoms with Crippen molar-refractivity contribution < 1.29 is 4.79 Å². The zero-order chi connectivity index (χ0) is 17.9. The number of hydrogen-bond donors (Lipinski definition) is 0. The number of benzene rings is 1. The monoisotopic (exact) mass is 350 g/mol. The summed E-state index contributed by atoms with van der Waals surface area (Å²) in [5, 5.41) is 0. The second-order valence-electron chi connectivity index (χ2n) is 7.34. The van der Waals surface area contributed by atoms with Gasteiger partial charge in [-0.1, -0.05) is 37.1 Å². The van der Waals surface area contributed by atoms with Gasteiger partial charge in [0.15, 0.2) is 0 Å². The number of hydrogen-bond acceptors (Lipinski definition) is 4. The van der Waals surface area contributed by atoms with Gasteiger partial charge in [-0.05, 0) is 43.4 Å². The van der Waals surface area contributed by atoms with Crippen LogP contribution in [0.3, 0.4) is 0 Å². The van der Waals surface area contributed by atoms with E-state index in [1.54, 1.807) is 0 Å². The molecule has 2 aliphatic rings. The average molecular weight is 350 g/mol. The average Bonchev–Trinajstić information content (AvgIpc) is 2.96. The number of rotatable bonds is 2. The maximum absolute atomic E-state index is 13.1. The van der Waals surface area contributed by atoms with Gasteiger partial charge in [0, 0.05) is 31.9 Å². The summed E-state index contributed by atoms with van der Waals surface area (Å²) in [6.45, 7) is 5.32. The summed E-state index contributed by atoms with van der Waals surface area (Å²) in [6, 6.07) is 10.2. The molecule has 136 valence electrons. The van der Waals surface area contributed by atoms with Gasteiger partial charge in [-0.2, -0.15) is 0 Å². The van der Waals surface area contributed by atoms with Crippen molar-refractivity contribution >= 4 is 11.9 Å². The smallest absolute Gasteiger partial charge is 0.272 e. The summed E-state index contributed by atoms with van der Waals surface area (Å²) in [6.07, 6.45) is 5.78. The third kappa shape index (κ3) is 3.57. The topological polar surface area (TPSA) is 49.3 Å². The van der Waals surface area contributed by atoms with Crippen molar-refractivity contribution in [1.29, 1.82) is 0 Å². The molecule has 5 heteroatoms. The zero-order valence-electron chi connectivity index (χ0n) is 15.4. The summed E-state index contributed by atoms with van der Waals surface area (Å²) in [4.78, 5) is 26.5. The van der Waals surface area contributed by atoms with E-state index in [0.29, 0.717) is 18.2 Å². The Labute approximate surface area is 155 Å². The first-order valence-electron chi connectivity index (χ1n) is 9.67. The van der Waals surface area contributed by atoms with Crippen LogP contribution < -0.4 is 4.90 Å². The molecule has 0 bridgehead atoms. The van der Waals surface area contributed by atoms with Crippen molar-refractivity contribution in [3.8, 4) is 0 Å². The molecule has 2 aromatic rings. The van der Waals surface area contributed by atoms with E-state index >= 15 is 0 Å². The molecule has 1 aromatic heterocycles. The summed E-state index contributed by atoms with van der Waals surface area (Å²) in [5.74, 6) is 0.730. The van der Waals surface area contributed by atoms with Gasteiger partial charge >= 0.3 is 0 Å². The quantitative estimate of drug-likeness (QED) is 0.833. The Balaban J connectivity index is 1.56. The van der Waals surface area contributed by atoms with Gasteiger partial charge in [-0.25, -0.2) is 9.97 Å². The first-order valence-corrected chi connectivity index (χ1v) is 9.67. The molecule has 26 heavy (non-hydrogen) atoms. The number of nitrogens with zero attached hydrogens (tertiary/aromatic N) is 4. The predicted octanol–water partition coefficient (Wildman–Crippen LogP) is 3.36. The molecule has 0 spiro atoms. The van der Waals surface area contributed by atoms with Crippen LogP contribution in [0.1, 0.15) is 53.0 Å². The molecule has 1 fully saturated rings. The molecule has 4 rings (SSSR count). The minimum Gasteiger partial charge on any atom is -0.341 e. The van der Waals surface area contributed by atoms with Crippen molar-refractivity contribution in [2.45, 2.75) is 45.6 Å². The van der Waals surface area contributed by atoms with Crippen LogP contribution in [-0.2, 0) is 13.0 Å². The fraction of sp³-hybridized carbons (Fsp3) is 0.476. The van der Waals surface area contributed by atoms with Gasteiger partial charge in [-0.15, -0.1) is 0 Å². The largest absolute Gasteiger partial charge is 0.341 e. The summed E-state index contributed by atoms with van der Waals surface area (Å²) >= 11 is 0. The highest BCUT2D eigenvalue weighted by atomic mass is 16.2. The minimum absolute atomic E-state index is 0.0149. The Kier molecular flexibility index (Phi) is 4.87. The molecular formula is C21H26N4O. The van der Waals surface area contributed by atoms with E-state index in [2.05, 4.69) is 33.1 Å². The first kappa shape index (κ1) is 17.0. The van der Waals surface area contributed by atoms with Crippen molar-refractivity contribution in [3.63, 3.8) is 0 Å². The van der Waals surface area contributed by atoms with E-state index in [0.717, 1.165) is 31.7 Å². The van der Waals surface area contributed by atoms with E-state index in [9.17, 15) is 4.79 Å². The Morgan fingerprint density at radius 2 is 1.69 bits per heavy atom. The Bertz CT molecular complexity index is 796. The lowest BCUT2D eigenvalue weighted by atomic mass is 10.00. The highest BCUT2D eigenvalue weighted by molar-refractivity contribution is 5.92. The Morgan fingerprint density at radius 1 is 0.962 bits per heavy atom. The van der Waals surface area contributed by atoms with Crippen LogP contribution in [0.5, 0.6) is 0 Å². The predicted molar refractivity (Wildman–Crippen MR) is 102 cm³/mol. The molecule has 0 saturated carbocycles. The standard InChI is InChI=1S/C21H26N4O/c1-16-14-19(23-21(22-16)24-11-6-2-3-7-12-24)20(26)25-13-10-17-8-4-5-9-18(17)15-25/h4-5,8-9,14H,2-3,6-7,10-13,15H2,1H3. The van der Waals surface area contributed by atoms with Crippen LogP contribution in [-0.4, -0.2) is 40.4 Å². The van der Waals surface area contributed by atoms with Gasteiger partial charge in [0.05, 0.1) is 0 Å². The highest BCUT2D eigenvalue weighted by Gasteiger charge is 2.24. The zero-order valence-corrected chi connectivity index (χ0v) is 15.4. The maximum Gasteiger partial charge on any atom is 0.272 e. The highest BCUT2D eigenvalue weighted by Crippen LogP contribution is 2.21. The number of amides is 1. The number of aromatic nitrogens is 2. The maximum atomic E-state index is 13.1. The fourth-order valence-corrected chi connectivity index (χ4v) is 3.91. The van der Waals surface area contributed by atoms with Crippen LogP contribution >= 0.6 is 0 Å². The Morgan fingerprint density at radius 3 is 2.46 bits per heavy atom. The number of fused-ring (bicyclic) bond motifs is 1. The molecule has 0 atom stereocenters. The molecule has 5 nitrogen and oxygen atoms in total. The van der Waals surface area contributed by atoms with E-state index in [4.69, 9.17) is 0 Å². The van der Waals surface area contributed by atoms with Gasteiger partial charge in [-0.3, -0.25) is 4.79 Å². The van der Waals surface area contributed by atoms with Crippen LogP contribution in [0.15, 0.2) is 30.3 Å². The van der Waals surface area contributed by atoms with E-state index in [1.165, 1.54) is 36.8 Å². The van der Waals surface area contributed by atoms with Crippen LogP contribution in [0.2, 0.25) is 0 Å². The van der Waals surface area contributed by atoms with E-state index < -0.39 is 0 Å². The Hall–Kier alpha value is -2.43. The molecule has 3 heterocycles. The van der Waals surface area contributed by atoms with Gasteiger partial charge in [0.2, 0.25) is 5.95 Å². The van der Waals surface area contributed by atoms with Gasteiger partial charge in [0.25, 0.3) is 5.91 Å². The molecule has 1 aromatic carbocycles. The lowest BCUT2D eigenvalue weighted by molar-refractivity contribution is 0.0728. The second kappa shape index (κ2) is 7.44. The van der Waals surface area contributed by atoms with E-state index in [1.807, 2.05) is 24.0 Å². The molecule has 0 radical (unpaired) electrons. The molecule has 1 amide bonds. The molecule has 0 unspecified atom stereocenters. The lowest BCUT2D eigenvalue weighted by Crippen LogP contribution is -2.37. The summed E-state index contributed by atoms with van der Waals surface area (Å²) < 4.78 is 0. The van der Waals surface area contributed by atoms with Crippen molar-refractivity contribution in [2.75, 3.05) is 24.5 Å². The fourth-order valence-electron chi connectivity index (χ4n) is 3.91. The molecule has 2 aliphatic heterocycles. The van der Waals surface area contributed by atoms with Crippen molar-refractivity contribution in [2.24, 2.45) is 0 Å².